The Balaban J connectivity index is 0.00000108. The van der Waals surface area contributed by atoms with Crippen molar-refractivity contribution in [2.24, 2.45) is 23.7 Å². The average molecular weight is 964 g/mol. The van der Waals surface area contributed by atoms with E-state index in [0.29, 0.717) is 49.4 Å². The monoisotopic (exact) mass is 964 g/mol. The van der Waals surface area contributed by atoms with Crippen molar-refractivity contribution in [1.29, 1.82) is 0 Å². The number of carbonyl (C=O) groups is 4. The van der Waals surface area contributed by atoms with Crippen LogP contribution in [0.1, 0.15) is 148 Å². The summed E-state index contributed by atoms with van der Waals surface area (Å²) in [5.41, 5.74) is -0.961. The van der Waals surface area contributed by atoms with E-state index in [-0.39, 0.29) is 97.6 Å². The van der Waals surface area contributed by atoms with E-state index in [2.05, 4.69) is 0 Å². The van der Waals surface area contributed by atoms with E-state index >= 15 is 0 Å². The third-order valence-electron chi connectivity index (χ3n) is 8.05. The molecule has 17 heteroatoms. The van der Waals surface area contributed by atoms with Crippen molar-refractivity contribution < 1.29 is 64.1 Å². The van der Waals surface area contributed by atoms with Crippen molar-refractivity contribution in [3.63, 3.8) is 0 Å². The van der Waals surface area contributed by atoms with Crippen LogP contribution in [0.15, 0.2) is 46.2 Å². The number of hydrogen-bond acceptors (Lipinski definition) is 14. The van der Waals surface area contributed by atoms with Crippen LogP contribution in [0.2, 0.25) is 0 Å². The fraction of sp³-hybridized carbons (Fsp3) is 0.600. The Bertz CT molecular complexity index is 1670. The standard InChI is InChI=1S/2C20H30O7S.Ba/c2*1-14(2)7-5-11-26-19(21)16-9-10-17(18(13-16)28(23,24)25)20(22)27-12-6-8-15(3)4;/h2*9-10,13-15H,5-8,11-12H2,1-4H3,(H,23,24,25);/q;;+2/p-2. The van der Waals surface area contributed by atoms with Crippen LogP contribution in [0.25, 0.3) is 0 Å². The second kappa shape index (κ2) is 27.5. The SMILES string of the molecule is CC(C)CCCOC(=O)c1ccc(C(=O)OCCCC(C)C)c(S(=O)(=O)[O-])c1.CC(C)CCCOC(=O)c1ccc(C(=O)OCCCC(C)C)c(S(=O)(=O)[O-])c1.[Ba+2]. The Hall–Kier alpha value is -2.29. The number of hydrogen-bond donors (Lipinski definition) is 0. The summed E-state index contributed by atoms with van der Waals surface area (Å²) in [5.74, 6) is -1.46. The molecule has 0 amide bonds. The number of rotatable bonds is 22. The molecule has 0 radical (unpaired) electrons. The zero-order valence-electron chi connectivity index (χ0n) is 34.5. The first-order valence-corrected chi connectivity index (χ1v) is 21.7. The molecule has 0 bridgehead atoms. The fourth-order valence-electron chi connectivity index (χ4n) is 5.00. The van der Waals surface area contributed by atoms with Crippen LogP contribution in [0.4, 0.5) is 0 Å². The summed E-state index contributed by atoms with van der Waals surface area (Å²) in [6, 6.07) is 6.48. The Morgan fingerprint density at radius 3 is 0.947 bits per heavy atom. The zero-order chi connectivity index (χ0) is 42.6. The predicted molar refractivity (Wildman–Crippen MR) is 212 cm³/mol. The average Bonchev–Trinajstić information content (AvgIpc) is 3.10. The van der Waals surface area contributed by atoms with Gasteiger partial charge in [-0.05, 0) is 111 Å². The number of benzene rings is 2. The Kier molecular flexibility index (Phi) is 26.4. The largest absolute Gasteiger partial charge is 2.00 e. The van der Waals surface area contributed by atoms with Gasteiger partial charge in [0.15, 0.2) is 0 Å². The normalized spacial score (nSPS) is 11.5. The van der Waals surface area contributed by atoms with E-state index in [4.69, 9.17) is 18.9 Å². The molecule has 0 N–H and O–H groups in total. The van der Waals surface area contributed by atoms with Crippen LogP contribution in [-0.4, -0.2) is 125 Å². The van der Waals surface area contributed by atoms with Gasteiger partial charge in [-0.1, -0.05) is 55.4 Å². The molecule has 2 aromatic rings. The van der Waals surface area contributed by atoms with Crippen molar-refractivity contribution >= 4 is 93.0 Å². The summed E-state index contributed by atoms with van der Waals surface area (Å²) in [4.78, 5) is 47.0. The maximum atomic E-state index is 12.2. The van der Waals surface area contributed by atoms with Crippen LogP contribution >= 0.6 is 0 Å². The summed E-state index contributed by atoms with van der Waals surface area (Å²) in [6.07, 6.45) is 6.08. The second-order valence-corrected chi connectivity index (χ2v) is 17.7. The minimum Gasteiger partial charge on any atom is -0.744 e. The van der Waals surface area contributed by atoms with Gasteiger partial charge >= 0.3 is 72.8 Å². The van der Waals surface area contributed by atoms with Gasteiger partial charge in [0.05, 0.1) is 58.5 Å². The molecular formula is C40H58BaO14S2. The zero-order valence-corrected chi connectivity index (χ0v) is 40.6. The first-order chi connectivity index (χ1) is 26.0. The maximum absolute atomic E-state index is 12.2. The van der Waals surface area contributed by atoms with Crippen LogP contribution < -0.4 is 0 Å². The van der Waals surface area contributed by atoms with Crippen molar-refractivity contribution in [2.45, 2.75) is 117 Å². The van der Waals surface area contributed by atoms with Crippen molar-refractivity contribution in [1.82, 2.24) is 0 Å². The van der Waals surface area contributed by atoms with Gasteiger partial charge in [0.25, 0.3) is 0 Å². The first kappa shape index (κ1) is 54.7. The summed E-state index contributed by atoms with van der Waals surface area (Å²) in [5, 5.41) is 0. The van der Waals surface area contributed by atoms with Gasteiger partial charge < -0.3 is 28.1 Å². The third kappa shape index (κ3) is 22.6. The molecule has 0 fully saturated rings. The summed E-state index contributed by atoms with van der Waals surface area (Å²) >= 11 is 0. The number of ether oxygens (including phenoxy) is 4. The molecule has 2 aromatic carbocycles. The molecule has 0 aromatic heterocycles. The topological polar surface area (TPSA) is 220 Å². The third-order valence-corrected chi connectivity index (χ3v) is 9.80. The molecule has 0 aliphatic rings. The van der Waals surface area contributed by atoms with Crippen LogP contribution in [0.3, 0.4) is 0 Å². The second-order valence-electron chi connectivity index (χ2n) is 15.0. The molecule has 0 unspecified atom stereocenters. The van der Waals surface area contributed by atoms with Crippen molar-refractivity contribution in [3.8, 4) is 0 Å². The molecule has 0 saturated heterocycles. The minimum atomic E-state index is -4.97. The first-order valence-electron chi connectivity index (χ1n) is 18.9. The fourth-order valence-corrected chi connectivity index (χ4v) is 6.38. The van der Waals surface area contributed by atoms with E-state index in [1.165, 1.54) is 12.1 Å². The molecular weight excluding hydrogens is 906 g/mol. The van der Waals surface area contributed by atoms with Gasteiger partial charge in [-0.15, -0.1) is 0 Å². The molecule has 0 atom stereocenters. The molecule has 0 heterocycles. The van der Waals surface area contributed by atoms with E-state index < -0.39 is 53.9 Å². The molecule has 14 nitrogen and oxygen atoms in total. The van der Waals surface area contributed by atoms with Crippen LogP contribution in [-0.2, 0) is 39.2 Å². The summed E-state index contributed by atoms with van der Waals surface area (Å²) < 4.78 is 89.7. The van der Waals surface area contributed by atoms with Crippen LogP contribution in [0.5, 0.6) is 0 Å². The van der Waals surface area contributed by atoms with E-state index in [1.54, 1.807) is 0 Å². The molecule has 2 rings (SSSR count). The van der Waals surface area contributed by atoms with Gasteiger partial charge in [-0.25, -0.2) is 36.0 Å². The summed E-state index contributed by atoms with van der Waals surface area (Å²) in [7, 11) is -9.95. The van der Waals surface area contributed by atoms with Gasteiger partial charge in [-0.3, -0.25) is 0 Å². The smallest absolute Gasteiger partial charge is 0.744 e. The predicted octanol–water partition coefficient (Wildman–Crippen LogP) is 7.17. The van der Waals surface area contributed by atoms with Crippen molar-refractivity contribution in [2.75, 3.05) is 26.4 Å². The van der Waals surface area contributed by atoms with Gasteiger partial charge in [0.2, 0.25) is 0 Å². The van der Waals surface area contributed by atoms with E-state index in [0.717, 1.165) is 49.9 Å². The minimum absolute atomic E-state index is 0. The van der Waals surface area contributed by atoms with Gasteiger partial charge in [-0.2, -0.15) is 0 Å². The van der Waals surface area contributed by atoms with Gasteiger partial charge in [0.1, 0.15) is 20.2 Å². The molecule has 0 saturated carbocycles. The Morgan fingerprint density at radius 1 is 0.474 bits per heavy atom. The Morgan fingerprint density at radius 2 is 0.719 bits per heavy atom. The number of carbonyl (C=O) groups excluding carboxylic acids is 4. The molecule has 0 aliphatic carbocycles. The summed E-state index contributed by atoms with van der Waals surface area (Å²) in [6.45, 7) is 16.9. The van der Waals surface area contributed by atoms with Crippen LogP contribution in [0, 0.1) is 23.7 Å². The molecule has 0 aliphatic heterocycles. The number of esters is 4. The quantitative estimate of drug-likeness (QED) is 0.0376. The van der Waals surface area contributed by atoms with E-state index in [1.807, 2.05) is 55.4 Å². The van der Waals surface area contributed by atoms with Crippen molar-refractivity contribution in [3.05, 3.63) is 58.7 Å². The molecule has 0 spiro atoms. The Labute approximate surface area is 379 Å². The van der Waals surface area contributed by atoms with Gasteiger partial charge in [0, 0.05) is 0 Å². The molecule has 316 valence electrons. The maximum Gasteiger partial charge on any atom is 2.00 e. The van der Waals surface area contributed by atoms with E-state index in [9.17, 15) is 45.1 Å². The molecule has 57 heavy (non-hydrogen) atoms.